The number of hydrogen-bond donors (Lipinski definition) is 10. The number of halogens is 4. The van der Waals surface area contributed by atoms with Crippen molar-refractivity contribution < 1.29 is 60.7 Å². The van der Waals surface area contributed by atoms with Gasteiger partial charge in [0.1, 0.15) is 36.6 Å². The third kappa shape index (κ3) is 16.9. The number of carbonyl (C=O) groups is 2. The van der Waals surface area contributed by atoms with Crippen LogP contribution < -0.4 is 0 Å². The number of carbonyl (C=O) groups excluding carboxylic acids is 2. The maximum atomic E-state index is 11.6. The third-order valence-corrected chi connectivity index (χ3v) is 7.69. The van der Waals surface area contributed by atoms with Crippen molar-refractivity contribution in [2.75, 3.05) is 60.7 Å². The molecule has 2 amide bonds. The number of piperazine rings is 1. The van der Waals surface area contributed by atoms with E-state index in [2.05, 4.69) is 63.7 Å². The molecule has 1 aliphatic rings. The van der Waals surface area contributed by atoms with Gasteiger partial charge in [-0.15, -0.1) is 0 Å². The van der Waals surface area contributed by atoms with Crippen molar-refractivity contribution in [1.29, 1.82) is 0 Å². The smallest absolute Gasteiger partial charge is 0.223 e. The Morgan fingerprint density at radius 3 is 0.975 bits per heavy atom. The molecule has 1 saturated heterocycles. The van der Waals surface area contributed by atoms with E-state index in [0.29, 0.717) is 49.7 Å². The molecule has 8 unspecified atom stereocenters. The number of rotatable bonds is 14. The molecule has 1 heterocycles. The molecule has 0 radical (unpaired) electrons. The van der Waals surface area contributed by atoms with Gasteiger partial charge in [0, 0.05) is 60.3 Å². The Kier molecular flexibility index (Phi) is 26.5. The van der Waals surface area contributed by atoms with Crippen LogP contribution in [0.5, 0.6) is 0 Å². The molecular weight excluding hydrogens is 804 g/mol. The van der Waals surface area contributed by atoms with Crippen LogP contribution in [0.25, 0.3) is 0 Å². The van der Waals surface area contributed by atoms with Crippen molar-refractivity contribution in [3.05, 3.63) is 0 Å². The molecule has 0 aliphatic carbocycles. The first-order valence-electron chi connectivity index (χ1n) is 12.2. The molecule has 14 nitrogen and oxygen atoms in total. The molecule has 8 atom stereocenters. The minimum absolute atomic E-state index is 0.153. The normalized spacial score (nSPS) is 19.4. The van der Waals surface area contributed by atoms with Gasteiger partial charge in [0.15, 0.2) is 0 Å². The second kappa shape index (κ2) is 24.9. The highest BCUT2D eigenvalue weighted by molar-refractivity contribution is 9.09. The van der Waals surface area contributed by atoms with Crippen LogP contribution in [0.4, 0.5) is 0 Å². The first-order valence-corrected chi connectivity index (χ1v) is 16.7. The molecule has 1 aliphatic heterocycles. The number of hydrogen-bond acceptors (Lipinski definition) is 12. The van der Waals surface area contributed by atoms with Gasteiger partial charge >= 0.3 is 0 Å². The Morgan fingerprint density at radius 1 is 0.525 bits per heavy atom. The van der Waals surface area contributed by atoms with Gasteiger partial charge in [-0.2, -0.15) is 0 Å². The minimum Gasteiger partial charge on any atom is -0.394 e. The largest absolute Gasteiger partial charge is 0.394 e. The van der Waals surface area contributed by atoms with Crippen LogP contribution in [-0.2, 0) is 9.59 Å². The zero-order chi connectivity index (χ0) is 31.4. The van der Waals surface area contributed by atoms with E-state index in [1.54, 1.807) is 0 Å². The zero-order valence-corrected chi connectivity index (χ0v) is 28.1. The molecule has 1 fully saturated rings. The number of nitrogens with zero attached hydrogens (tertiary/aromatic N) is 2. The van der Waals surface area contributed by atoms with Crippen LogP contribution in [-0.4, -0.2) is 182 Å². The molecule has 0 saturated carbocycles. The lowest BCUT2D eigenvalue weighted by atomic mass is 10.0. The number of alkyl halides is 4. The fourth-order valence-electron chi connectivity index (χ4n) is 2.99. The lowest BCUT2D eigenvalue weighted by molar-refractivity contribution is -0.139. The predicted octanol–water partition coefficient (Wildman–Crippen LogP) is -3.14. The van der Waals surface area contributed by atoms with Gasteiger partial charge in [0.25, 0.3) is 0 Å². The summed E-state index contributed by atoms with van der Waals surface area (Å²) in [4.78, 5) is 26.8. The fourth-order valence-corrected chi connectivity index (χ4v) is 4.44. The van der Waals surface area contributed by atoms with E-state index in [9.17, 15) is 19.8 Å². The number of aliphatic hydroxyl groups is 10. The van der Waals surface area contributed by atoms with Crippen molar-refractivity contribution in [2.24, 2.45) is 0 Å². The summed E-state index contributed by atoms with van der Waals surface area (Å²) in [6.45, 7) is 1.21. The van der Waals surface area contributed by atoms with Crippen LogP contribution in [0.15, 0.2) is 0 Å². The lowest BCUT2D eigenvalue weighted by Gasteiger charge is -2.34. The maximum absolute atomic E-state index is 11.6. The highest BCUT2D eigenvalue weighted by Crippen LogP contribution is 2.09. The summed E-state index contributed by atoms with van der Waals surface area (Å²) >= 11 is 12.4. The van der Waals surface area contributed by atoms with Gasteiger partial charge in [0.2, 0.25) is 11.8 Å². The van der Waals surface area contributed by atoms with Gasteiger partial charge < -0.3 is 60.9 Å². The van der Waals surface area contributed by atoms with Crippen LogP contribution in [0, 0.1) is 0 Å². The molecule has 40 heavy (non-hydrogen) atoms. The van der Waals surface area contributed by atoms with Crippen LogP contribution in [0.1, 0.15) is 12.8 Å². The van der Waals surface area contributed by atoms with Gasteiger partial charge in [-0.1, -0.05) is 63.7 Å². The average molecular weight is 846 g/mol. The van der Waals surface area contributed by atoms with E-state index in [4.69, 9.17) is 40.9 Å². The van der Waals surface area contributed by atoms with Crippen molar-refractivity contribution in [3.63, 3.8) is 0 Å². The third-order valence-electron chi connectivity index (χ3n) is 5.57. The first kappa shape index (κ1) is 42.6. The summed E-state index contributed by atoms with van der Waals surface area (Å²) in [5, 5.41) is 90.4. The van der Waals surface area contributed by atoms with E-state index in [1.165, 1.54) is 0 Å². The highest BCUT2D eigenvalue weighted by Gasteiger charge is 2.30. The SMILES string of the molecule is O=C(CCBr)N1CCN(C(=O)CCBr)CC1.OC(CBr)C(O)C(O)C(O)CBr.OCC(O)C(O)C(O)C(O)CO. The molecular formula is C22H42Br4N2O12. The number of amides is 2. The first-order chi connectivity index (χ1) is 18.8. The number of aliphatic hydroxyl groups excluding tert-OH is 10. The monoisotopic (exact) mass is 842 g/mol. The van der Waals surface area contributed by atoms with E-state index in [0.717, 1.165) is 0 Å². The Labute approximate surface area is 267 Å². The summed E-state index contributed by atoms with van der Waals surface area (Å²) < 4.78 is 0. The Bertz CT molecular complexity index is 585. The van der Waals surface area contributed by atoms with E-state index >= 15 is 0 Å². The second-order valence-electron chi connectivity index (χ2n) is 8.55. The van der Waals surface area contributed by atoms with E-state index in [1.807, 2.05) is 9.80 Å². The molecule has 0 aromatic carbocycles. The van der Waals surface area contributed by atoms with Crippen LogP contribution in [0.2, 0.25) is 0 Å². The highest BCUT2D eigenvalue weighted by atomic mass is 79.9. The molecule has 1 rings (SSSR count). The van der Waals surface area contributed by atoms with Gasteiger partial charge in [-0.05, 0) is 0 Å². The topological polar surface area (TPSA) is 243 Å². The maximum Gasteiger partial charge on any atom is 0.223 e. The van der Waals surface area contributed by atoms with E-state index in [-0.39, 0.29) is 22.5 Å². The quantitative estimate of drug-likeness (QED) is 0.0781. The molecule has 0 aromatic rings. The molecule has 240 valence electrons. The molecule has 0 spiro atoms. The summed E-state index contributed by atoms with van der Waals surface area (Å²) in [6, 6.07) is 0. The fraction of sp³-hybridized carbons (Fsp3) is 0.909. The Hall–Kier alpha value is 0.460. The van der Waals surface area contributed by atoms with Gasteiger partial charge in [-0.3, -0.25) is 9.59 Å². The molecule has 0 aromatic heterocycles. The van der Waals surface area contributed by atoms with Gasteiger partial charge in [-0.25, -0.2) is 0 Å². The Morgan fingerprint density at radius 2 is 0.775 bits per heavy atom. The molecule has 0 bridgehead atoms. The summed E-state index contributed by atoms with van der Waals surface area (Å²) in [7, 11) is 0. The summed E-state index contributed by atoms with van der Waals surface area (Å²) in [5.41, 5.74) is 0. The van der Waals surface area contributed by atoms with E-state index < -0.39 is 62.0 Å². The van der Waals surface area contributed by atoms with Crippen molar-refractivity contribution in [2.45, 2.75) is 61.7 Å². The zero-order valence-electron chi connectivity index (χ0n) is 21.8. The Balaban J connectivity index is 0. The van der Waals surface area contributed by atoms with Crippen molar-refractivity contribution in [3.8, 4) is 0 Å². The molecule has 10 N–H and O–H groups in total. The van der Waals surface area contributed by atoms with Crippen molar-refractivity contribution in [1.82, 2.24) is 9.80 Å². The average Bonchev–Trinajstić information content (AvgIpc) is 2.98. The lowest BCUT2D eigenvalue weighted by Crippen LogP contribution is -2.50. The predicted molar refractivity (Wildman–Crippen MR) is 160 cm³/mol. The van der Waals surface area contributed by atoms with Crippen LogP contribution in [0.3, 0.4) is 0 Å². The standard InChI is InChI=1S/C10H16Br2N2O2.C6H12Br2O4.C6H14O6/c11-3-1-9(15)13-5-7-14(8-6-13)10(16)2-4-12;2*7-1-3(9)5(11)6(12)4(10)2-8/h1-8H2;3-6,9-12H,1-2H2;3-12H,1-2H2. The summed E-state index contributed by atoms with van der Waals surface area (Å²) in [5.74, 6) is 0.342. The minimum atomic E-state index is -1.67. The van der Waals surface area contributed by atoms with Gasteiger partial charge in [0.05, 0.1) is 25.4 Å². The summed E-state index contributed by atoms with van der Waals surface area (Å²) in [6.07, 6.45) is -10.1. The van der Waals surface area contributed by atoms with Crippen LogP contribution >= 0.6 is 63.7 Å². The molecule has 18 heteroatoms. The van der Waals surface area contributed by atoms with Crippen molar-refractivity contribution >= 4 is 75.5 Å². The second-order valence-corrected chi connectivity index (χ2v) is 11.4.